The predicted molar refractivity (Wildman–Crippen MR) is 98.5 cm³/mol. The van der Waals surface area contributed by atoms with Gasteiger partial charge >= 0.3 is 0 Å². The van der Waals surface area contributed by atoms with Crippen LogP contribution in [0.25, 0.3) is 0 Å². The molecule has 0 saturated carbocycles. The summed E-state index contributed by atoms with van der Waals surface area (Å²) in [6, 6.07) is 5.94. The fourth-order valence-corrected chi connectivity index (χ4v) is 3.59. The minimum absolute atomic E-state index is 0.0803. The molecule has 2 unspecified atom stereocenters. The Bertz CT molecular complexity index is 595. The second-order valence-electron chi connectivity index (χ2n) is 6.36. The molecule has 1 aliphatic rings. The summed E-state index contributed by atoms with van der Waals surface area (Å²) >= 11 is 3.43. The average Bonchev–Trinajstić information content (AvgIpc) is 2.89. The van der Waals surface area contributed by atoms with Crippen molar-refractivity contribution in [2.75, 3.05) is 4.90 Å². The highest BCUT2D eigenvalue weighted by Gasteiger charge is 2.34. The van der Waals surface area contributed by atoms with Crippen molar-refractivity contribution in [3.63, 3.8) is 0 Å². The van der Waals surface area contributed by atoms with E-state index in [1.54, 1.807) is 0 Å². The lowest BCUT2D eigenvalue weighted by atomic mass is 10.0. The third kappa shape index (κ3) is 3.52. The number of hydrogen-bond donors (Lipinski definition) is 0. The first-order chi connectivity index (χ1) is 10.9. The van der Waals surface area contributed by atoms with Gasteiger partial charge in [-0.1, -0.05) is 36.7 Å². The molecule has 0 fully saturated rings. The molecule has 126 valence electrons. The molecule has 0 radical (unpaired) electrons. The van der Waals surface area contributed by atoms with E-state index in [0.29, 0.717) is 0 Å². The number of nitrogens with zero attached hydrogens (tertiary/aromatic N) is 1. The third-order valence-electron chi connectivity index (χ3n) is 4.79. The highest BCUT2D eigenvalue weighted by atomic mass is 79.9. The van der Waals surface area contributed by atoms with Crippen molar-refractivity contribution in [2.45, 2.75) is 64.2 Å². The van der Waals surface area contributed by atoms with Crippen molar-refractivity contribution in [2.24, 2.45) is 5.92 Å². The largest absolute Gasteiger partial charge is 0.309 e. The van der Waals surface area contributed by atoms with Gasteiger partial charge in [-0.2, -0.15) is 0 Å². The topological polar surface area (TPSA) is 37.4 Å². The summed E-state index contributed by atoms with van der Waals surface area (Å²) in [5.41, 5.74) is 2.82. The van der Waals surface area contributed by atoms with E-state index in [1.165, 1.54) is 0 Å². The van der Waals surface area contributed by atoms with Gasteiger partial charge in [-0.3, -0.25) is 9.59 Å². The predicted octanol–water partition coefficient (Wildman–Crippen LogP) is 4.76. The number of alkyl halides is 1. The van der Waals surface area contributed by atoms with Gasteiger partial charge in [0.2, 0.25) is 5.91 Å². The number of halogens is 1. The van der Waals surface area contributed by atoms with Crippen LogP contribution in [-0.2, 0) is 11.2 Å². The van der Waals surface area contributed by atoms with Gasteiger partial charge in [0.15, 0.2) is 5.78 Å². The van der Waals surface area contributed by atoms with E-state index in [2.05, 4.69) is 36.7 Å². The van der Waals surface area contributed by atoms with Crippen LogP contribution in [0.2, 0.25) is 0 Å². The summed E-state index contributed by atoms with van der Waals surface area (Å²) in [7, 11) is 0. The van der Waals surface area contributed by atoms with Crippen LogP contribution in [-0.4, -0.2) is 22.6 Å². The molecule has 1 aromatic rings. The molecule has 1 heterocycles. The summed E-state index contributed by atoms with van der Waals surface area (Å²) in [5.74, 6) is 0.414. The molecule has 0 aliphatic carbocycles. The Morgan fingerprint density at radius 1 is 1.22 bits per heavy atom. The van der Waals surface area contributed by atoms with Crippen molar-refractivity contribution in [1.29, 1.82) is 0 Å². The van der Waals surface area contributed by atoms with E-state index in [-0.39, 0.29) is 28.5 Å². The Labute approximate surface area is 147 Å². The minimum atomic E-state index is -0.137. The number of fused-ring (bicyclic) bond motifs is 1. The summed E-state index contributed by atoms with van der Waals surface area (Å²) in [6.07, 6.45) is 3.32. The van der Waals surface area contributed by atoms with Gasteiger partial charge in [0.25, 0.3) is 0 Å². The zero-order chi connectivity index (χ0) is 17.1. The standard InChI is InChI=1S/C19H26BrNO2/c1-5-13(6-2)19(23)21-12(4)10-15-11-14(8-9-17(15)21)18(22)16(20)7-3/h8-9,11-13,16H,5-7,10H2,1-4H3. The molecule has 2 rings (SSSR count). The molecule has 1 aliphatic heterocycles. The second kappa shape index (κ2) is 7.61. The zero-order valence-electron chi connectivity index (χ0n) is 14.4. The maximum Gasteiger partial charge on any atom is 0.230 e. The normalized spacial score (nSPS) is 18.2. The first-order valence-electron chi connectivity index (χ1n) is 8.58. The molecule has 0 spiro atoms. The molecule has 23 heavy (non-hydrogen) atoms. The third-order valence-corrected chi connectivity index (χ3v) is 5.86. The van der Waals surface area contributed by atoms with Crippen LogP contribution >= 0.6 is 15.9 Å². The van der Waals surface area contributed by atoms with Gasteiger partial charge in [0.1, 0.15) is 0 Å². The van der Waals surface area contributed by atoms with Crippen molar-refractivity contribution in [3.8, 4) is 0 Å². The lowest BCUT2D eigenvalue weighted by molar-refractivity contribution is -0.122. The Morgan fingerprint density at radius 3 is 2.43 bits per heavy atom. The van der Waals surface area contributed by atoms with E-state index >= 15 is 0 Å². The van der Waals surface area contributed by atoms with Crippen molar-refractivity contribution in [1.82, 2.24) is 0 Å². The lowest BCUT2D eigenvalue weighted by Gasteiger charge is -2.26. The maximum atomic E-state index is 12.8. The van der Waals surface area contributed by atoms with E-state index in [4.69, 9.17) is 0 Å². The molecule has 1 amide bonds. The Hall–Kier alpha value is -1.16. The number of ketones is 1. The summed E-state index contributed by atoms with van der Waals surface area (Å²) in [6.45, 7) is 8.21. The second-order valence-corrected chi connectivity index (χ2v) is 7.46. The average molecular weight is 380 g/mol. The molecular formula is C19H26BrNO2. The smallest absolute Gasteiger partial charge is 0.230 e. The molecule has 0 N–H and O–H groups in total. The summed E-state index contributed by atoms with van der Waals surface area (Å²) < 4.78 is 0. The van der Waals surface area contributed by atoms with E-state index in [9.17, 15) is 9.59 Å². The Kier molecular flexibility index (Phi) is 6.01. The van der Waals surface area contributed by atoms with Crippen LogP contribution in [0.1, 0.15) is 62.9 Å². The Morgan fingerprint density at radius 2 is 1.87 bits per heavy atom. The minimum Gasteiger partial charge on any atom is -0.309 e. The highest BCUT2D eigenvalue weighted by molar-refractivity contribution is 9.10. The Balaban J connectivity index is 2.31. The molecule has 0 saturated heterocycles. The summed E-state index contributed by atoms with van der Waals surface area (Å²) in [4.78, 5) is 27.0. The van der Waals surface area contributed by atoms with Crippen molar-refractivity contribution < 1.29 is 9.59 Å². The maximum absolute atomic E-state index is 12.8. The van der Waals surface area contributed by atoms with Gasteiger partial charge in [-0.15, -0.1) is 0 Å². The number of carbonyl (C=O) groups is 2. The van der Waals surface area contributed by atoms with Gasteiger partial charge in [-0.25, -0.2) is 0 Å². The molecule has 0 aromatic heterocycles. The molecule has 0 bridgehead atoms. The quantitative estimate of drug-likeness (QED) is 0.527. The van der Waals surface area contributed by atoms with Gasteiger partial charge in [-0.05, 0) is 56.4 Å². The molecule has 4 heteroatoms. The number of amides is 1. The van der Waals surface area contributed by atoms with Crippen molar-refractivity contribution >= 4 is 33.3 Å². The number of rotatable bonds is 6. The van der Waals surface area contributed by atoms with E-state index < -0.39 is 0 Å². The molecule has 3 nitrogen and oxygen atoms in total. The first kappa shape index (κ1) is 18.2. The van der Waals surface area contributed by atoms with E-state index in [0.717, 1.165) is 42.5 Å². The monoisotopic (exact) mass is 379 g/mol. The van der Waals surface area contributed by atoms with Crippen molar-refractivity contribution in [3.05, 3.63) is 29.3 Å². The highest BCUT2D eigenvalue weighted by Crippen LogP contribution is 2.35. The molecule has 2 atom stereocenters. The van der Waals surface area contributed by atoms with Crippen LogP contribution in [0.4, 0.5) is 5.69 Å². The van der Waals surface area contributed by atoms with E-state index in [1.807, 2.05) is 30.0 Å². The van der Waals surface area contributed by atoms with Crippen LogP contribution in [0, 0.1) is 5.92 Å². The van der Waals surface area contributed by atoms with Gasteiger partial charge in [0, 0.05) is 23.2 Å². The number of carbonyl (C=O) groups excluding carboxylic acids is 2. The lowest BCUT2D eigenvalue weighted by Crippen LogP contribution is -2.39. The number of Topliss-reactive ketones (excluding diaryl/α,β-unsaturated/α-hetero) is 1. The SMILES string of the molecule is CCC(Br)C(=O)c1ccc2c(c1)CC(C)N2C(=O)C(CC)CC. The zero-order valence-corrected chi connectivity index (χ0v) is 16.0. The van der Waals surface area contributed by atoms with Gasteiger partial charge in [0.05, 0.1) is 4.83 Å². The molecule has 1 aromatic carbocycles. The van der Waals surface area contributed by atoms with Gasteiger partial charge < -0.3 is 4.90 Å². The number of anilines is 1. The van der Waals surface area contributed by atoms with Crippen LogP contribution in [0.15, 0.2) is 18.2 Å². The molecular weight excluding hydrogens is 354 g/mol. The number of benzene rings is 1. The fraction of sp³-hybridized carbons (Fsp3) is 0.579. The summed E-state index contributed by atoms with van der Waals surface area (Å²) in [5, 5.41) is 0. The fourth-order valence-electron chi connectivity index (χ4n) is 3.32. The van der Waals surface area contributed by atoms with Crippen LogP contribution < -0.4 is 4.90 Å². The first-order valence-corrected chi connectivity index (χ1v) is 9.50. The van der Waals surface area contributed by atoms with Crippen LogP contribution in [0.5, 0.6) is 0 Å². The number of hydrogen-bond acceptors (Lipinski definition) is 2. The van der Waals surface area contributed by atoms with Crippen LogP contribution in [0.3, 0.4) is 0 Å².